The summed E-state index contributed by atoms with van der Waals surface area (Å²) in [6.45, 7) is 4.76. The van der Waals surface area contributed by atoms with Gasteiger partial charge in [-0.3, -0.25) is 4.90 Å². The van der Waals surface area contributed by atoms with Crippen LogP contribution in [0, 0.1) is 5.92 Å². The molecule has 17 heavy (non-hydrogen) atoms. The Bertz CT molecular complexity index is 396. The largest absolute Gasteiger partial charge is 0.330 e. The number of fused-ring (bicyclic) bond motifs is 1. The van der Waals surface area contributed by atoms with E-state index < -0.39 is 0 Å². The van der Waals surface area contributed by atoms with Gasteiger partial charge in [-0.15, -0.1) is 0 Å². The number of hydrogen-bond acceptors (Lipinski definition) is 2. The molecular weight excluding hydrogens is 210 g/mol. The van der Waals surface area contributed by atoms with Crippen molar-refractivity contribution in [1.29, 1.82) is 0 Å². The summed E-state index contributed by atoms with van der Waals surface area (Å²) in [5.74, 6) is 2.14. The van der Waals surface area contributed by atoms with Crippen molar-refractivity contribution in [2.75, 3.05) is 13.6 Å². The molecule has 2 aliphatic heterocycles. The molecule has 3 nitrogen and oxygen atoms in total. The van der Waals surface area contributed by atoms with Gasteiger partial charge in [0.05, 0.1) is 6.04 Å². The lowest BCUT2D eigenvalue weighted by molar-refractivity contribution is 0.172. The SMILES string of the molecule is CC1CCc2cnc(C3CCCCN3C)n2C1. The fourth-order valence-electron chi connectivity index (χ4n) is 3.30. The minimum Gasteiger partial charge on any atom is -0.330 e. The van der Waals surface area contributed by atoms with E-state index in [-0.39, 0.29) is 0 Å². The second kappa shape index (κ2) is 4.45. The van der Waals surface area contributed by atoms with Crippen LogP contribution in [0.1, 0.15) is 50.2 Å². The van der Waals surface area contributed by atoms with Crippen LogP contribution in [-0.4, -0.2) is 28.0 Å². The van der Waals surface area contributed by atoms with Gasteiger partial charge in [-0.1, -0.05) is 13.3 Å². The maximum atomic E-state index is 4.73. The average molecular weight is 233 g/mol. The van der Waals surface area contributed by atoms with E-state index in [2.05, 4.69) is 29.6 Å². The van der Waals surface area contributed by atoms with E-state index >= 15 is 0 Å². The quantitative estimate of drug-likeness (QED) is 0.743. The number of piperidine rings is 1. The number of aromatic nitrogens is 2. The summed E-state index contributed by atoms with van der Waals surface area (Å²) < 4.78 is 2.50. The zero-order valence-corrected chi connectivity index (χ0v) is 11.0. The van der Waals surface area contributed by atoms with Gasteiger partial charge in [0, 0.05) is 18.4 Å². The van der Waals surface area contributed by atoms with Crippen LogP contribution in [-0.2, 0) is 13.0 Å². The lowest BCUT2D eigenvalue weighted by atomic mass is 9.98. The van der Waals surface area contributed by atoms with Crippen molar-refractivity contribution >= 4 is 0 Å². The Kier molecular flexibility index (Phi) is 2.95. The molecule has 2 unspecified atom stereocenters. The van der Waals surface area contributed by atoms with E-state index in [1.165, 1.54) is 56.7 Å². The minimum absolute atomic E-state index is 0.558. The first-order chi connectivity index (χ1) is 8.25. The van der Waals surface area contributed by atoms with Crippen LogP contribution in [0.4, 0.5) is 0 Å². The molecule has 0 N–H and O–H groups in total. The fourth-order valence-corrected chi connectivity index (χ4v) is 3.30. The Morgan fingerprint density at radius 3 is 3.00 bits per heavy atom. The maximum Gasteiger partial charge on any atom is 0.126 e. The molecule has 94 valence electrons. The predicted octanol–water partition coefficient (Wildman–Crippen LogP) is 2.62. The van der Waals surface area contributed by atoms with Crippen molar-refractivity contribution in [1.82, 2.24) is 14.5 Å². The van der Waals surface area contributed by atoms with Crippen LogP contribution < -0.4 is 0 Å². The van der Waals surface area contributed by atoms with Gasteiger partial charge >= 0.3 is 0 Å². The molecule has 1 fully saturated rings. The van der Waals surface area contributed by atoms with Crippen molar-refractivity contribution in [2.24, 2.45) is 5.92 Å². The summed E-state index contributed by atoms with van der Waals surface area (Å²) in [5.41, 5.74) is 1.46. The van der Waals surface area contributed by atoms with Crippen molar-refractivity contribution in [3.63, 3.8) is 0 Å². The molecule has 3 rings (SSSR count). The third-order valence-corrected chi connectivity index (χ3v) is 4.43. The number of aryl methyl sites for hydroxylation is 1. The van der Waals surface area contributed by atoms with Gasteiger partial charge in [0.2, 0.25) is 0 Å². The molecule has 3 heteroatoms. The number of hydrogen-bond donors (Lipinski definition) is 0. The van der Waals surface area contributed by atoms with Gasteiger partial charge in [0.25, 0.3) is 0 Å². The van der Waals surface area contributed by atoms with Gasteiger partial charge in [-0.05, 0) is 45.2 Å². The van der Waals surface area contributed by atoms with Crippen LogP contribution in [0.2, 0.25) is 0 Å². The summed E-state index contributed by atoms with van der Waals surface area (Å²) in [7, 11) is 2.25. The smallest absolute Gasteiger partial charge is 0.126 e. The van der Waals surface area contributed by atoms with Crippen molar-refractivity contribution < 1.29 is 0 Å². The molecule has 0 saturated carbocycles. The lowest BCUT2D eigenvalue weighted by Gasteiger charge is -2.33. The van der Waals surface area contributed by atoms with Crippen LogP contribution in [0.5, 0.6) is 0 Å². The number of nitrogens with zero attached hydrogens (tertiary/aromatic N) is 3. The van der Waals surface area contributed by atoms with Gasteiger partial charge in [0.15, 0.2) is 0 Å². The van der Waals surface area contributed by atoms with E-state index in [4.69, 9.17) is 4.98 Å². The van der Waals surface area contributed by atoms with E-state index in [0.717, 1.165) is 5.92 Å². The first-order valence-corrected chi connectivity index (χ1v) is 7.00. The van der Waals surface area contributed by atoms with Gasteiger partial charge in [0.1, 0.15) is 5.82 Å². The van der Waals surface area contributed by atoms with Crippen LogP contribution in [0.3, 0.4) is 0 Å². The van der Waals surface area contributed by atoms with Crippen molar-refractivity contribution in [3.05, 3.63) is 17.7 Å². The molecule has 1 aromatic rings. The van der Waals surface area contributed by atoms with E-state index in [1.54, 1.807) is 0 Å². The normalized spacial score (nSPS) is 30.2. The Morgan fingerprint density at radius 2 is 2.18 bits per heavy atom. The monoisotopic (exact) mass is 233 g/mol. The molecule has 0 aromatic carbocycles. The fraction of sp³-hybridized carbons (Fsp3) is 0.786. The Morgan fingerprint density at radius 1 is 1.29 bits per heavy atom. The minimum atomic E-state index is 0.558. The third kappa shape index (κ3) is 2.01. The van der Waals surface area contributed by atoms with Crippen LogP contribution in [0.15, 0.2) is 6.20 Å². The first kappa shape index (κ1) is 11.3. The summed E-state index contributed by atoms with van der Waals surface area (Å²) in [6, 6.07) is 0.558. The summed E-state index contributed by atoms with van der Waals surface area (Å²) in [5, 5.41) is 0. The molecule has 1 saturated heterocycles. The van der Waals surface area contributed by atoms with Gasteiger partial charge < -0.3 is 4.57 Å². The highest BCUT2D eigenvalue weighted by molar-refractivity contribution is 5.12. The number of imidazole rings is 1. The zero-order chi connectivity index (χ0) is 11.8. The highest BCUT2D eigenvalue weighted by Crippen LogP contribution is 2.31. The van der Waals surface area contributed by atoms with Gasteiger partial charge in [-0.2, -0.15) is 0 Å². The zero-order valence-electron chi connectivity index (χ0n) is 11.0. The Labute approximate surface area is 104 Å². The predicted molar refractivity (Wildman–Crippen MR) is 68.9 cm³/mol. The Balaban J connectivity index is 1.90. The third-order valence-electron chi connectivity index (χ3n) is 4.43. The second-order valence-corrected chi connectivity index (χ2v) is 5.85. The first-order valence-electron chi connectivity index (χ1n) is 7.00. The molecule has 0 aliphatic carbocycles. The van der Waals surface area contributed by atoms with Crippen LogP contribution in [0.25, 0.3) is 0 Å². The number of rotatable bonds is 1. The molecule has 0 amide bonds. The molecule has 1 aromatic heterocycles. The molecule has 3 heterocycles. The summed E-state index contributed by atoms with van der Waals surface area (Å²) in [6.07, 6.45) is 8.63. The topological polar surface area (TPSA) is 21.1 Å². The molecule has 0 radical (unpaired) electrons. The van der Waals surface area contributed by atoms with E-state index in [9.17, 15) is 0 Å². The molecule has 2 aliphatic rings. The summed E-state index contributed by atoms with van der Waals surface area (Å²) >= 11 is 0. The lowest BCUT2D eigenvalue weighted by Crippen LogP contribution is -2.32. The molecule has 2 atom stereocenters. The molecule has 0 bridgehead atoms. The maximum absolute atomic E-state index is 4.73. The van der Waals surface area contributed by atoms with Gasteiger partial charge in [-0.25, -0.2) is 4.98 Å². The highest BCUT2D eigenvalue weighted by atomic mass is 15.2. The average Bonchev–Trinajstić information content (AvgIpc) is 2.72. The summed E-state index contributed by atoms with van der Waals surface area (Å²) in [4.78, 5) is 7.21. The standard InChI is InChI=1S/C14H23N3/c1-11-6-7-12-9-15-14(17(12)10-11)13-5-3-4-8-16(13)2/h9,11,13H,3-8,10H2,1-2H3. The van der Waals surface area contributed by atoms with Crippen molar-refractivity contribution in [3.8, 4) is 0 Å². The number of likely N-dealkylation sites (tertiary alicyclic amines) is 1. The molecular formula is C14H23N3. The second-order valence-electron chi connectivity index (χ2n) is 5.85. The highest BCUT2D eigenvalue weighted by Gasteiger charge is 2.27. The van der Waals surface area contributed by atoms with Crippen LogP contribution >= 0.6 is 0 Å². The van der Waals surface area contributed by atoms with E-state index in [0.29, 0.717) is 6.04 Å². The van der Waals surface area contributed by atoms with Crippen molar-refractivity contribution in [2.45, 2.75) is 51.6 Å². The Hall–Kier alpha value is -0.830. The van der Waals surface area contributed by atoms with E-state index in [1.807, 2.05) is 0 Å². The molecule has 0 spiro atoms.